The van der Waals surface area contributed by atoms with Crippen molar-refractivity contribution in [1.82, 2.24) is 4.98 Å². The number of hydrogen-bond acceptors (Lipinski definition) is 4. The predicted molar refractivity (Wildman–Crippen MR) is 92.2 cm³/mol. The Morgan fingerprint density at radius 1 is 1.09 bits per heavy atom. The number of hydrogen-bond donors (Lipinski definition) is 0. The van der Waals surface area contributed by atoms with E-state index in [1.54, 1.807) is 18.2 Å². The van der Waals surface area contributed by atoms with Crippen molar-refractivity contribution in [2.24, 2.45) is 0 Å². The van der Waals surface area contributed by atoms with Gasteiger partial charge in [-0.2, -0.15) is 0 Å². The third-order valence-corrected chi connectivity index (χ3v) is 3.42. The van der Waals surface area contributed by atoms with Crippen LogP contribution in [-0.4, -0.2) is 17.3 Å². The summed E-state index contributed by atoms with van der Waals surface area (Å²) >= 11 is 5.75. The number of aromatic nitrogens is 1. The molecule has 3 aromatic rings. The van der Waals surface area contributed by atoms with Crippen LogP contribution in [0.1, 0.15) is 10.4 Å². The van der Waals surface area contributed by atoms with Gasteiger partial charge in [0.25, 0.3) is 5.24 Å². The molecule has 1 aromatic heterocycles. The highest BCUT2D eigenvalue weighted by Gasteiger charge is 2.15. The lowest BCUT2D eigenvalue weighted by Gasteiger charge is -2.11. The van der Waals surface area contributed by atoms with E-state index in [4.69, 9.17) is 21.1 Å². The molecule has 0 fully saturated rings. The summed E-state index contributed by atoms with van der Waals surface area (Å²) in [6, 6.07) is 14.5. The molecule has 0 N–H and O–H groups in total. The van der Waals surface area contributed by atoms with E-state index in [0.29, 0.717) is 22.9 Å². The first-order valence-electron chi connectivity index (χ1n) is 6.58. The molecule has 0 aliphatic rings. The van der Waals surface area contributed by atoms with Crippen molar-refractivity contribution in [3.63, 3.8) is 0 Å². The molecule has 4 nitrogen and oxygen atoms in total. The average molecular weight is 350 g/mol. The number of rotatable bonds is 4. The Balaban J connectivity index is 0.00000192. The van der Waals surface area contributed by atoms with Crippen molar-refractivity contribution in [2.45, 2.75) is 0 Å². The van der Waals surface area contributed by atoms with Gasteiger partial charge in [0.2, 0.25) is 5.88 Å². The Hall–Kier alpha value is -2.30. The second-order valence-corrected chi connectivity index (χ2v) is 4.92. The zero-order valence-corrected chi connectivity index (χ0v) is 13.7. The molecule has 0 aliphatic carbocycles. The Morgan fingerprint density at radius 3 is 2.52 bits per heavy atom. The molecule has 6 heteroatoms. The molecule has 2 aromatic carbocycles. The quantitative estimate of drug-likeness (QED) is 0.632. The van der Waals surface area contributed by atoms with Gasteiger partial charge in [-0.3, -0.25) is 4.79 Å². The summed E-state index contributed by atoms with van der Waals surface area (Å²) in [5.41, 5.74) is 0.343. The molecule has 0 amide bonds. The van der Waals surface area contributed by atoms with Crippen LogP contribution in [0.4, 0.5) is 0 Å². The lowest BCUT2D eigenvalue weighted by Crippen LogP contribution is -1.97. The largest absolute Gasteiger partial charge is 0.481 e. The van der Waals surface area contributed by atoms with Gasteiger partial charge in [0, 0.05) is 6.07 Å². The van der Waals surface area contributed by atoms with Gasteiger partial charge >= 0.3 is 0 Å². The van der Waals surface area contributed by atoms with Crippen LogP contribution in [0.2, 0.25) is 0 Å². The van der Waals surface area contributed by atoms with Crippen molar-refractivity contribution in [3.05, 3.63) is 60.3 Å². The van der Waals surface area contributed by atoms with Gasteiger partial charge in [-0.15, -0.1) is 12.4 Å². The monoisotopic (exact) mass is 349 g/mol. The molecule has 0 saturated heterocycles. The minimum atomic E-state index is -0.562. The Kier molecular flexibility index (Phi) is 5.42. The van der Waals surface area contributed by atoms with Crippen molar-refractivity contribution < 1.29 is 14.3 Å². The van der Waals surface area contributed by atoms with Gasteiger partial charge in [-0.25, -0.2) is 4.98 Å². The van der Waals surface area contributed by atoms with Gasteiger partial charge in [-0.1, -0.05) is 30.3 Å². The number of carbonyl (C=O) groups is 1. The molecule has 0 aliphatic heterocycles. The Bertz CT molecular complexity index is 835. The van der Waals surface area contributed by atoms with E-state index in [-0.39, 0.29) is 12.4 Å². The third kappa shape index (κ3) is 3.55. The van der Waals surface area contributed by atoms with Crippen LogP contribution in [0.5, 0.6) is 17.4 Å². The number of nitrogens with zero attached hydrogens (tertiary/aromatic N) is 1. The van der Waals surface area contributed by atoms with Crippen molar-refractivity contribution in [2.75, 3.05) is 7.11 Å². The summed E-state index contributed by atoms with van der Waals surface area (Å²) in [6.45, 7) is 0. The SMILES string of the molecule is COc1ccc(Oc2ccc3ccccc3c2C(=O)Cl)cn1.Cl. The Labute approximate surface area is 144 Å². The highest BCUT2D eigenvalue weighted by Crippen LogP contribution is 2.32. The molecule has 3 rings (SSSR count). The number of pyridine rings is 1. The lowest BCUT2D eigenvalue weighted by molar-refractivity contribution is 0.108. The van der Waals surface area contributed by atoms with E-state index in [1.165, 1.54) is 13.3 Å². The molecule has 1 heterocycles. The molecule has 0 spiro atoms. The standard InChI is InChI=1S/C17H12ClNO3.ClH/c1-21-15-9-7-12(10-19-15)22-14-8-6-11-4-2-3-5-13(11)16(14)17(18)20;/h2-10H,1H3;1H. The summed E-state index contributed by atoms with van der Waals surface area (Å²) in [5, 5.41) is 1.11. The van der Waals surface area contributed by atoms with Crippen LogP contribution in [0.3, 0.4) is 0 Å². The van der Waals surface area contributed by atoms with E-state index in [0.717, 1.165) is 10.8 Å². The molecule has 0 saturated carbocycles. The first-order valence-corrected chi connectivity index (χ1v) is 6.96. The maximum absolute atomic E-state index is 11.8. The first-order chi connectivity index (χ1) is 10.7. The summed E-state index contributed by atoms with van der Waals surface area (Å²) < 4.78 is 10.8. The highest BCUT2D eigenvalue weighted by molar-refractivity contribution is 6.69. The molecule has 23 heavy (non-hydrogen) atoms. The second-order valence-electron chi connectivity index (χ2n) is 4.57. The van der Waals surface area contributed by atoms with Crippen molar-refractivity contribution >= 4 is 40.0 Å². The van der Waals surface area contributed by atoms with Crippen LogP contribution in [0.15, 0.2) is 54.7 Å². The third-order valence-electron chi connectivity index (χ3n) is 3.23. The van der Waals surface area contributed by atoms with E-state index >= 15 is 0 Å². The van der Waals surface area contributed by atoms with Crippen molar-refractivity contribution in [1.29, 1.82) is 0 Å². The Morgan fingerprint density at radius 2 is 1.87 bits per heavy atom. The summed E-state index contributed by atoms with van der Waals surface area (Å²) in [6.07, 6.45) is 1.52. The number of carbonyl (C=O) groups excluding carboxylic acids is 1. The van der Waals surface area contributed by atoms with E-state index in [2.05, 4.69) is 4.98 Å². The van der Waals surface area contributed by atoms with E-state index in [1.807, 2.05) is 30.3 Å². The zero-order chi connectivity index (χ0) is 15.5. The highest BCUT2D eigenvalue weighted by atomic mass is 35.5. The number of fused-ring (bicyclic) bond motifs is 1. The molecule has 0 unspecified atom stereocenters. The molecule has 0 bridgehead atoms. The average Bonchev–Trinajstić information content (AvgIpc) is 2.55. The maximum atomic E-state index is 11.8. The van der Waals surface area contributed by atoms with Gasteiger partial charge < -0.3 is 9.47 Å². The number of benzene rings is 2. The van der Waals surface area contributed by atoms with Gasteiger partial charge in [-0.05, 0) is 34.5 Å². The van der Waals surface area contributed by atoms with Crippen LogP contribution < -0.4 is 9.47 Å². The fourth-order valence-corrected chi connectivity index (χ4v) is 2.41. The van der Waals surface area contributed by atoms with Crippen LogP contribution in [0, 0.1) is 0 Å². The predicted octanol–water partition coefficient (Wildman–Crippen LogP) is 4.84. The van der Waals surface area contributed by atoms with Gasteiger partial charge in [0.1, 0.15) is 11.5 Å². The number of ether oxygens (including phenoxy) is 2. The first kappa shape index (κ1) is 17.1. The molecule has 0 atom stereocenters. The van der Waals surface area contributed by atoms with Crippen LogP contribution in [0.25, 0.3) is 10.8 Å². The minimum absolute atomic E-state index is 0. The van der Waals surface area contributed by atoms with Gasteiger partial charge in [0.15, 0.2) is 0 Å². The number of halogens is 2. The van der Waals surface area contributed by atoms with E-state index in [9.17, 15) is 4.79 Å². The second kappa shape index (κ2) is 7.31. The molecular formula is C17H13Cl2NO3. The van der Waals surface area contributed by atoms with Crippen LogP contribution >= 0.6 is 24.0 Å². The smallest absolute Gasteiger partial charge is 0.256 e. The zero-order valence-electron chi connectivity index (χ0n) is 12.2. The van der Waals surface area contributed by atoms with Crippen molar-refractivity contribution in [3.8, 4) is 17.4 Å². The van der Waals surface area contributed by atoms with Crippen LogP contribution in [-0.2, 0) is 0 Å². The topological polar surface area (TPSA) is 48.4 Å². The van der Waals surface area contributed by atoms with Gasteiger partial charge in [0.05, 0.1) is 18.9 Å². The summed E-state index contributed by atoms with van der Waals surface area (Å²) in [7, 11) is 1.54. The van der Waals surface area contributed by atoms with E-state index < -0.39 is 5.24 Å². The number of methoxy groups -OCH3 is 1. The normalized spacial score (nSPS) is 10.0. The summed E-state index contributed by atoms with van der Waals surface area (Å²) in [5.74, 6) is 1.38. The maximum Gasteiger partial charge on any atom is 0.256 e. The summed E-state index contributed by atoms with van der Waals surface area (Å²) in [4.78, 5) is 15.9. The fourth-order valence-electron chi connectivity index (χ4n) is 2.21. The fraction of sp³-hybridized carbons (Fsp3) is 0.0588. The molecule has 118 valence electrons. The minimum Gasteiger partial charge on any atom is -0.481 e. The molecular weight excluding hydrogens is 337 g/mol. The molecule has 0 radical (unpaired) electrons. The lowest BCUT2D eigenvalue weighted by atomic mass is 10.0.